The molecule has 1 heterocycles. The van der Waals surface area contributed by atoms with Gasteiger partial charge in [0.05, 0.1) is 30.3 Å². The molecule has 158 valence electrons. The Bertz CT molecular complexity index is 1080. The van der Waals surface area contributed by atoms with E-state index in [-0.39, 0.29) is 11.3 Å². The Hall–Kier alpha value is -4.40. The maximum atomic E-state index is 12.7. The van der Waals surface area contributed by atoms with Gasteiger partial charge >= 0.3 is 11.8 Å². The molecular formula is C22H20N4O5. The number of hydrogen-bond donors (Lipinski definition) is 3. The third kappa shape index (κ3) is 6.04. The van der Waals surface area contributed by atoms with E-state index in [0.29, 0.717) is 23.8 Å². The largest absolute Gasteiger partial charge is 0.494 e. The highest BCUT2D eigenvalue weighted by molar-refractivity contribution is 6.40. The molecule has 2 aromatic carbocycles. The fraction of sp³-hybridized carbons (Fsp3) is 0.0909. The second-order valence-corrected chi connectivity index (χ2v) is 6.13. The smallest absolute Gasteiger partial charge is 0.329 e. The molecule has 0 spiro atoms. The molecule has 31 heavy (non-hydrogen) atoms. The molecule has 0 aliphatic heterocycles. The van der Waals surface area contributed by atoms with Crippen molar-refractivity contribution < 1.29 is 23.5 Å². The number of carbonyl (C=O) groups is 3. The molecule has 3 N–H and O–H groups in total. The van der Waals surface area contributed by atoms with Gasteiger partial charge in [-0.05, 0) is 55.5 Å². The lowest BCUT2D eigenvalue weighted by Crippen LogP contribution is -2.33. The number of carbonyl (C=O) groups excluding carboxylic acids is 3. The normalized spacial score (nSPS) is 10.5. The lowest BCUT2D eigenvalue weighted by Gasteiger charge is -2.11. The summed E-state index contributed by atoms with van der Waals surface area (Å²) in [6.45, 7) is 2.42. The number of amides is 3. The van der Waals surface area contributed by atoms with Gasteiger partial charge in [0.1, 0.15) is 11.5 Å². The second-order valence-electron chi connectivity index (χ2n) is 6.13. The number of nitrogens with one attached hydrogen (secondary N) is 3. The van der Waals surface area contributed by atoms with Crippen LogP contribution in [0.15, 0.2) is 76.4 Å². The van der Waals surface area contributed by atoms with Gasteiger partial charge in [-0.25, -0.2) is 5.43 Å². The first-order chi connectivity index (χ1) is 15.1. The van der Waals surface area contributed by atoms with Gasteiger partial charge in [-0.3, -0.25) is 14.4 Å². The lowest BCUT2D eigenvalue weighted by molar-refractivity contribution is -0.136. The van der Waals surface area contributed by atoms with Crippen LogP contribution in [0.4, 0.5) is 11.4 Å². The van der Waals surface area contributed by atoms with E-state index in [9.17, 15) is 14.4 Å². The zero-order valence-corrected chi connectivity index (χ0v) is 16.6. The SMILES string of the molecule is CCOc1ccc(NC(=O)c2ccccc2NC(=O)C(=O)N/N=C\c2ccco2)cc1. The first kappa shape index (κ1) is 21.3. The number of para-hydroxylation sites is 1. The first-order valence-electron chi connectivity index (χ1n) is 9.38. The third-order valence-corrected chi connectivity index (χ3v) is 3.95. The molecule has 1 aromatic heterocycles. The number of benzene rings is 2. The van der Waals surface area contributed by atoms with Crippen molar-refractivity contribution in [3.63, 3.8) is 0 Å². The second kappa shape index (κ2) is 10.4. The summed E-state index contributed by atoms with van der Waals surface area (Å²) in [7, 11) is 0. The van der Waals surface area contributed by atoms with Crippen LogP contribution in [0.2, 0.25) is 0 Å². The van der Waals surface area contributed by atoms with Crippen molar-refractivity contribution >= 4 is 35.3 Å². The van der Waals surface area contributed by atoms with E-state index in [1.807, 2.05) is 6.92 Å². The van der Waals surface area contributed by atoms with E-state index < -0.39 is 17.7 Å². The summed E-state index contributed by atoms with van der Waals surface area (Å²) in [5.74, 6) is -1.32. The van der Waals surface area contributed by atoms with Gasteiger partial charge < -0.3 is 19.8 Å². The van der Waals surface area contributed by atoms with E-state index in [4.69, 9.17) is 9.15 Å². The molecule has 3 aromatic rings. The molecule has 0 unspecified atom stereocenters. The van der Waals surface area contributed by atoms with Gasteiger partial charge in [-0.2, -0.15) is 5.10 Å². The Morgan fingerprint density at radius 1 is 0.968 bits per heavy atom. The Morgan fingerprint density at radius 2 is 1.74 bits per heavy atom. The lowest BCUT2D eigenvalue weighted by atomic mass is 10.1. The van der Waals surface area contributed by atoms with Gasteiger partial charge in [0.2, 0.25) is 0 Å². The van der Waals surface area contributed by atoms with Crippen LogP contribution < -0.4 is 20.8 Å². The molecule has 3 rings (SSSR count). The summed E-state index contributed by atoms with van der Waals surface area (Å²) in [6, 6.07) is 16.5. The van der Waals surface area contributed by atoms with Crippen molar-refractivity contribution in [1.82, 2.24) is 5.43 Å². The topological polar surface area (TPSA) is 122 Å². The van der Waals surface area contributed by atoms with Crippen molar-refractivity contribution in [3.05, 3.63) is 78.3 Å². The average molecular weight is 420 g/mol. The van der Waals surface area contributed by atoms with E-state index >= 15 is 0 Å². The molecule has 3 amide bonds. The molecule has 0 saturated heterocycles. The molecule has 0 fully saturated rings. The molecule has 0 aliphatic rings. The Balaban J connectivity index is 1.62. The summed E-state index contributed by atoms with van der Waals surface area (Å²) in [5, 5.41) is 8.80. The van der Waals surface area contributed by atoms with Gasteiger partial charge in [-0.15, -0.1) is 0 Å². The Kier molecular flexibility index (Phi) is 7.15. The van der Waals surface area contributed by atoms with Crippen molar-refractivity contribution in [2.75, 3.05) is 17.2 Å². The van der Waals surface area contributed by atoms with E-state index in [1.165, 1.54) is 24.6 Å². The number of hydrogen-bond acceptors (Lipinski definition) is 6. The minimum Gasteiger partial charge on any atom is -0.494 e. The summed E-state index contributed by atoms with van der Waals surface area (Å²) in [6.07, 6.45) is 2.70. The van der Waals surface area contributed by atoms with E-state index in [2.05, 4.69) is 21.2 Å². The van der Waals surface area contributed by atoms with Gasteiger partial charge in [-0.1, -0.05) is 12.1 Å². The minimum absolute atomic E-state index is 0.182. The maximum absolute atomic E-state index is 12.7. The van der Waals surface area contributed by atoms with Crippen LogP contribution in [0.1, 0.15) is 23.0 Å². The highest BCUT2D eigenvalue weighted by Crippen LogP contribution is 2.19. The van der Waals surface area contributed by atoms with Crippen molar-refractivity contribution in [2.24, 2.45) is 5.10 Å². The molecule has 0 saturated carbocycles. The number of hydrazone groups is 1. The van der Waals surface area contributed by atoms with Crippen LogP contribution in [0.3, 0.4) is 0 Å². The van der Waals surface area contributed by atoms with Crippen LogP contribution in [0.5, 0.6) is 5.75 Å². The monoisotopic (exact) mass is 420 g/mol. The number of ether oxygens (including phenoxy) is 1. The zero-order valence-electron chi connectivity index (χ0n) is 16.6. The van der Waals surface area contributed by atoms with Crippen LogP contribution in [-0.4, -0.2) is 30.5 Å². The fourth-order valence-corrected chi connectivity index (χ4v) is 2.54. The Morgan fingerprint density at radius 3 is 2.45 bits per heavy atom. The number of nitrogens with zero attached hydrogens (tertiary/aromatic N) is 1. The predicted molar refractivity (Wildman–Crippen MR) is 115 cm³/mol. The number of anilines is 2. The molecule has 0 radical (unpaired) electrons. The van der Waals surface area contributed by atoms with Crippen LogP contribution in [-0.2, 0) is 9.59 Å². The molecule has 9 heteroatoms. The van der Waals surface area contributed by atoms with Crippen LogP contribution in [0.25, 0.3) is 0 Å². The maximum Gasteiger partial charge on any atom is 0.329 e. The van der Waals surface area contributed by atoms with Crippen molar-refractivity contribution in [2.45, 2.75) is 6.92 Å². The van der Waals surface area contributed by atoms with Crippen molar-refractivity contribution in [3.8, 4) is 5.75 Å². The van der Waals surface area contributed by atoms with Crippen LogP contribution in [0, 0.1) is 0 Å². The quantitative estimate of drug-likeness (QED) is 0.308. The van der Waals surface area contributed by atoms with Crippen LogP contribution >= 0.6 is 0 Å². The highest BCUT2D eigenvalue weighted by atomic mass is 16.5. The van der Waals surface area contributed by atoms with E-state index in [0.717, 1.165) is 0 Å². The summed E-state index contributed by atoms with van der Waals surface area (Å²) in [5.41, 5.74) is 3.02. The molecule has 0 aliphatic carbocycles. The first-order valence-corrected chi connectivity index (χ1v) is 9.38. The molecule has 0 bridgehead atoms. The van der Waals surface area contributed by atoms with Crippen molar-refractivity contribution in [1.29, 1.82) is 0 Å². The van der Waals surface area contributed by atoms with Gasteiger partial charge in [0, 0.05) is 5.69 Å². The van der Waals surface area contributed by atoms with E-state index in [1.54, 1.807) is 48.5 Å². The molecule has 0 atom stereocenters. The average Bonchev–Trinajstić information content (AvgIpc) is 3.29. The van der Waals surface area contributed by atoms with Gasteiger partial charge in [0.15, 0.2) is 0 Å². The summed E-state index contributed by atoms with van der Waals surface area (Å²) < 4.78 is 10.4. The number of rotatable bonds is 7. The molecule has 9 nitrogen and oxygen atoms in total. The third-order valence-electron chi connectivity index (χ3n) is 3.95. The zero-order chi connectivity index (χ0) is 22.1. The summed E-state index contributed by atoms with van der Waals surface area (Å²) >= 11 is 0. The Labute approximate surface area is 178 Å². The fourth-order valence-electron chi connectivity index (χ4n) is 2.54. The van der Waals surface area contributed by atoms with Gasteiger partial charge in [0.25, 0.3) is 5.91 Å². The number of furan rings is 1. The highest BCUT2D eigenvalue weighted by Gasteiger charge is 2.17. The minimum atomic E-state index is -0.996. The summed E-state index contributed by atoms with van der Waals surface area (Å²) in [4.78, 5) is 36.8. The predicted octanol–water partition coefficient (Wildman–Crippen LogP) is 3.02. The molecular weight excluding hydrogens is 400 g/mol. The standard InChI is InChI=1S/C22H20N4O5/c1-2-30-16-11-9-15(10-12-16)24-20(27)18-7-3-4-8-19(18)25-21(28)22(29)26-23-14-17-6-5-13-31-17/h3-14H,2H2,1H3,(H,24,27)(H,25,28)(H,26,29)/b23-14-.